The van der Waals surface area contributed by atoms with Crippen molar-refractivity contribution in [2.75, 3.05) is 6.26 Å². The van der Waals surface area contributed by atoms with E-state index in [9.17, 15) is 21.6 Å². The van der Waals surface area contributed by atoms with E-state index in [2.05, 4.69) is 0 Å². The fourth-order valence-electron chi connectivity index (χ4n) is 2.32. The lowest BCUT2D eigenvalue weighted by atomic mass is 9.99. The molecule has 1 aromatic rings. The smallest absolute Gasteiger partial charge is 0.181 e. The van der Waals surface area contributed by atoms with Gasteiger partial charge < -0.3 is 0 Å². The lowest BCUT2D eigenvalue weighted by Gasteiger charge is -2.21. The molecule has 7 heteroatoms. The lowest BCUT2D eigenvalue weighted by Crippen LogP contribution is -2.28. The Labute approximate surface area is 118 Å². The summed E-state index contributed by atoms with van der Waals surface area (Å²) >= 11 is 0. The lowest BCUT2D eigenvalue weighted by molar-refractivity contribution is -0.120. The zero-order valence-electron chi connectivity index (χ0n) is 11.1. The van der Waals surface area contributed by atoms with Gasteiger partial charge >= 0.3 is 0 Å². The quantitative estimate of drug-likeness (QED) is 0.841. The van der Waals surface area contributed by atoms with E-state index >= 15 is 0 Å². The van der Waals surface area contributed by atoms with Crippen LogP contribution in [0.25, 0.3) is 0 Å². The van der Waals surface area contributed by atoms with Crippen molar-refractivity contribution in [2.24, 2.45) is 0 Å². The molecule has 1 fully saturated rings. The molecule has 0 spiro atoms. The van der Waals surface area contributed by atoms with E-state index in [1.807, 2.05) is 0 Å². The van der Waals surface area contributed by atoms with Gasteiger partial charge in [-0.05, 0) is 37.1 Å². The molecule has 0 heterocycles. The second-order valence-electron chi connectivity index (χ2n) is 5.05. The molecule has 0 aromatic heterocycles. The van der Waals surface area contributed by atoms with Gasteiger partial charge in [-0.15, -0.1) is 0 Å². The van der Waals surface area contributed by atoms with Gasteiger partial charge in [-0.1, -0.05) is 0 Å². The number of ketones is 1. The highest BCUT2D eigenvalue weighted by atomic mass is 32.2. The maximum Gasteiger partial charge on any atom is 0.181 e. The zero-order chi connectivity index (χ0) is 15.0. The Bertz CT molecular complexity index is 715. The number of rotatable bonds is 3. The van der Waals surface area contributed by atoms with Gasteiger partial charge in [0.05, 0.1) is 15.0 Å². The molecule has 1 unspecified atom stereocenters. The summed E-state index contributed by atoms with van der Waals surface area (Å²) in [5, 5.41) is -0.687. The predicted molar refractivity (Wildman–Crippen MR) is 74.0 cm³/mol. The highest BCUT2D eigenvalue weighted by Gasteiger charge is 2.32. The molecule has 0 amide bonds. The first-order chi connectivity index (χ1) is 9.21. The van der Waals surface area contributed by atoms with E-state index in [0.29, 0.717) is 19.3 Å². The topological polar surface area (TPSA) is 85.3 Å². The van der Waals surface area contributed by atoms with Crippen molar-refractivity contribution in [1.29, 1.82) is 0 Å². The van der Waals surface area contributed by atoms with Crippen LogP contribution in [0.4, 0.5) is 0 Å². The maximum absolute atomic E-state index is 12.4. The summed E-state index contributed by atoms with van der Waals surface area (Å²) in [5.41, 5.74) is 0. The normalized spacial score (nSPS) is 20.9. The molecule has 0 radical (unpaired) electrons. The van der Waals surface area contributed by atoms with Crippen molar-refractivity contribution in [3.05, 3.63) is 24.3 Å². The third kappa shape index (κ3) is 3.09. The molecule has 1 aliphatic rings. The van der Waals surface area contributed by atoms with E-state index in [0.717, 1.165) is 6.26 Å². The van der Waals surface area contributed by atoms with Gasteiger partial charge in [-0.2, -0.15) is 0 Å². The SMILES string of the molecule is CS(=O)(=O)c1ccc(S(=O)(=O)C2CCCC(=O)C2)cc1. The van der Waals surface area contributed by atoms with Crippen LogP contribution >= 0.6 is 0 Å². The standard InChI is InChI=1S/C13H16O5S2/c1-19(15,16)11-5-7-12(8-6-11)20(17,18)13-4-2-3-10(14)9-13/h5-8,13H,2-4,9H2,1H3. The van der Waals surface area contributed by atoms with Crippen molar-refractivity contribution in [2.45, 2.75) is 40.7 Å². The van der Waals surface area contributed by atoms with Crippen LogP contribution in [-0.4, -0.2) is 34.1 Å². The molecular formula is C13H16O5S2. The molecule has 2 rings (SSSR count). The van der Waals surface area contributed by atoms with E-state index in [4.69, 9.17) is 0 Å². The van der Waals surface area contributed by atoms with Crippen LogP contribution in [0, 0.1) is 0 Å². The minimum atomic E-state index is -3.57. The van der Waals surface area contributed by atoms with Crippen molar-refractivity contribution in [3.8, 4) is 0 Å². The average molecular weight is 316 g/mol. The predicted octanol–water partition coefficient (Wildman–Crippen LogP) is 1.38. The van der Waals surface area contributed by atoms with Crippen LogP contribution in [0.15, 0.2) is 34.1 Å². The summed E-state index contributed by atoms with van der Waals surface area (Å²) in [6.07, 6.45) is 2.62. The monoisotopic (exact) mass is 316 g/mol. The third-order valence-corrected chi connectivity index (χ3v) is 6.79. The number of carbonyl (C=O) groups is 1. The van der Waals surface area contributed by atoms with Gasteiger partial charge in [-0.3, -0.25) is 4.79 Å². The van der Waals surface area contributed by atoms with E-state index in [1.54, 1.807) is 0 Å². The number of hydrogen-bond acceptors (Lipinski definition) is 5. The Morgan fingerprint density at radius 1 is 1.00 bits per heavy atom. The molecule has 20 heavy (non-hydrogen) atoms. The zero-order valence-corrected chi connectivity index (χ0v) is 12.7. The molecule has 0 saturated heterocycles. The number of hydrogen-bond donors (Lipinski definition) is 0. The van der Waals surface area contributed by atoms with Crippen molar-refractivity contribution < 1.29 is 21.6 Å². The minimum absolute atomic E-state index is 0.0300. The Balaban J connectivity index is 2.32. The number of benzene rings is 1. The van der Waals surface area contributed by atoms with Crippen LogP contribution in [0.5, 0.6) is 0 Å². The van der Waals surface area contributed by atoms with Gasteiger partial charge in [0.25, 0.3) is 0 Å². The Kier molecular flexibility index (Phi) is 4.02. The number of sulfone groups is 2. The van der Waals surface area contributed by atoms with Crippen LogP contribution in [0.2, 0.25) is 0 Å². The van der Waals surface area contributed by atoms with Crippen LogP contribution < -0.4 is 0 Å². The molecular weight excluding hydrogens is 300 g/mol. The Morgan fingerprint density at radius 3 is 2.05 bits per heavy atom. The second-order valence-corrected chi connectivity index (χ2v) is 9.29. The van der Waals surface area contributed by atoms with E-state index in [1.165, 1.54) is 24.3 Å². The minimum Gasteiger partial charge on any atom is -0.300 e. The van der Waals surface area contributed by atoms with Crippen LogP contribution in [-0.2, 0) is 24.5 Å². The summed E-state index contributed by atoms with van der Waals surface area (Å²) in [7, 11) is -6.92. The maximum atomic E-state index is 12.4. The molecule has 0 aliphatic heterocycles. The van der Waals surface area contributed by atoms with Crippen LogP contribution in [0.3, 0.4) is 0 Å². The summed E-state index contributed by atoms with van der Waals surface area (Å²) in [6.45, 7) is 0. The first-order valence-corrected chi connectivity index (χ1v) is 9.71. The van der Waals surface area contributed by atoms with Crippen LogP contribution in [0.1, 0.15) is 25.7 Å². The average Bonchev–Trinajstić information content (AvgIpc) is 2.38. The molecule has 1 atom stereocenters. The van der Waals surface area contributed by atoms with Crippen molar-refractivity contribution >= 4 is 25.5 Å². The largest absolute Gasteiger partial charge is 0.300 e. The summed E-state index contributed by atoms with van der Waals surface area (Å²) < 4.78 is 47.5. The molecule has 1 aliphatic carbocycles. The van der Waals surface area contributed by atoms with Gasteiger partial charge in [0.15, 0.2) is 19.7 Å². The Morgan fingerprint density at radius 2 is 1.55 bits per heavy atom. The number of Topliss-reactive ketones (excluding diaryl/α,β-unsaturated/α-hetero) is 1. The third-order valence-electron chi connectivity index (χ3n) is 3.46. The van der Waals surface area contributed by atoms with Crippen molar-refractivity contribution in [1.82, 2.24) is 0 Å². The van der Waals surface area contributed by atoms with Crippen molar-refractivity contribution in [3.63, 3.8) is 0 Å². The van der Waals surface area contributed by atoms with Gasteiger partial charge in [0.1, 0.15) is 5.78 Å². The Hall–Kier alpha value is -1.21. The molecule has 0 bridgehead atoms. The summed E-state index contributed by atoms with van der Waals surface area (Å²) in [6, 6.07) is 5.16. The molecule has 5 nitrogen and oxygen atoms in total. The summed E-state index contributed by atoms with van der Waals surface area (Å²) in [4.78, 5) is 11.5. The first-order valence-electron chi connectivity index (χ1n) is 6.27. The number of carbonyl (C=O) groups excluding carboxylic acids is 1. The highest BCUT2D eigenvalue weighted by molar-refractivity contribution is 7.92. The van der Waals surface area contributed by atoms with Gasteiger partial charge in [-0.25, -0.2) is 16.8 Å². The first kappa shape index (κ1) is 15.2. The molecule has 0 N–H and O–H groups in total. The molecule has 1 aromatic carbocycles. The highest BCUT2D eigenvalue weighted by Crippen LogP contribution is 2.27. The summed E-state index contributed by atoms with van der Waals surface area (Å²) in [5.74, 6) is -0.0300. The second kappa shape index (κ2) is 5.29. The molecule has 110 valence electrons. The van der Waals surface area contributed by atoms with Gasteiger partial charge in [0, 0.05) is 19.1 Å². The van der Waals surface area contributed by atoms with E-state index < -0.39 is 24.9 Å². The fraction of sp³-hybridized carbons (Fsp3) is 0.462. The molecule has 1 saturated carbocycles. The van der Waals surface area contributed by atoms with E-state index in [-0.39, 0.29) is 22.0 Å². The van der Waals surface area contributed by atoms with Gasteiger partial charge in [0.2, 0.25) is 0 Å². The fourth-order valence-corrected chi connectivity index (χ4v) is 4.73.